The Kier molecular flexibility index (Phi) is 9.52. The van der Waals surface area contributed by atoms with Crippen LogP contribution in [0.15, 0.2) is 36.5 Å². The van der Waals surface area contributed by atoms with Crippen molar-refractivity contribution in [3.63, 3.8) is 0 Å². The molecule has 0 bridgehead atoms. The summed E-state index contributed by atoms with van der Waals surface area (Å²) in [6, 6.07) is 4.02. The van der Waals surface area contributed by atoms with E-state index in [-0.39, 0.29) is 17.6 Å². The Labute approximate surface area is 225 Å². The molecule has 2 amide bonds. The van der Waals surface area contributed by atoms with Gasteiger partial charge in [0, 0.05) is 18.3 Å². The van der Waals surface area contributed by atoms with Crippen molar-refractivity contribution in [3.8, 4) is 5.75 Å². The minimum Gasteiger partial charge on any atom is -0.475 e. The van der Waals surface area contributed by atoms with Crippen LogP contribution in [0.5, 0.6) is 5.75 Å². The monoisotopic (exact) mass is 578 g/mol. The highest BCUT2D eigenvalue weighted by Gasteiger charge is 2.36. The Morgan fingerprint density at radius 3 is 2.27 bits per heavy atom. The molecular formula is C26H29F7N4O3. The van der Waals surface area contributed by atoms with Crippen molar-refractivity contribution in [1.29, 1.82) is 0 Å². The predicted molar refractivity (Wildman–Crippen MR) is 131 cm³/mol. The second-order valence-electron chi connectivity index (χ2n) is 10.0. The number of aromatic nitrogens is 1. The molecule has 3 rings (SSSR count). The molecule has 0 aliphatic heterocycles. The van der Waals surface area contributed by atoms with E-state index in [2.05, 4.69) is 15.6 Å². The predicted octanol–water partition coefficient (Wildman–Crippen LogP) is 5.62. The topological polar surface area (TPSA) is 92.4 Å². The van der Waals surface area contributed by atoms with Crippen molar-refractivity contribution in [3.05, 3.63) is 53.5 Å². The first-order valence-corrected chi connectivity index (χ1v) is 12.5. The molecule has 3 N–H and O–H groups in total. The van der Waals surface area contributed by atoms with Gasteiger partial charge in [-0.05, 0) is 63.4 Å². The zero-order valence-electron chi connectivity index (χ0n) is 21.7. The number of halogens is 7. The Morgan fingerprint density at radius 2 is 1.68 bits per heavy atom. The van der Waals surface area contributed by atoms with Crippen molar-refractivity contribution in [2.75, 3.05) is 11.9 Å². The molecular weight excluding hydrogens is 549 g/mol. The van der Waals surface area contributed by atoms with Gasteiger partial charge in [0.25, 0.3) is 11.8 Å². The summed E-state index contributed by atoms with van der Waals surface area (Å²) in [7, 11) is 0. The van der Waals surface area contributed by atoms with Crippen LogP contribution in [0.4, 0.5) is 36.6 Å². The third kappa shape index (κ3) is 8.98. The van der Waals surface area contributed by atoms with Crippen molar-refractivity contribution < 1.29 is 45.1 Å². The van der Waals surface area contributed by atoms with Crippen LogP contribution in [0.2, 0.25) is 0 Å². The van der Waals surface area contributed by atoms with Gasteiger partial charge < -0.3 is 20.7 Å². The van der Waals surface area contributed by atoms with Gasteiger partial charge in [0.05, 0.1) is 11.1 Å². The van der Waals surface area contributed by atoms with Crippen molar-refractivity contribution in [2.24, 2.45) is 0 Å². The number of nitrogens with zero attached hydrogens (tertiary/aromatic N) is 1. The Balaban J connectivity index is 1.60. The number of rotatable bonds is 8. The van der Waals surface area contributed by atoms with E-state index in [0.29, 0.717) is 36.9 Å². The fourth-order valence-corrected chi connectivity index (χ4v) is 4.17. The number of hydrogen-bond acceptors (Lipinski definition) is 5. The van der Waals surface area contributed by atoms with E-state index in [4.69, 9.17) is 4.74 Å². The van der Waals surface area contributed by atoms with E-state index in [0.717, 1.165) is 25.5 Å². The number of pyridine rings is 1. The number of carbonyl (C=O) groups is 2. The summed E-state index contributed by atoms with van der Waals surface area (Å²) in [5, 5.41) is 7.79. The average Bonchev–Trinajstić information content (AvgIpc) is 3.07. The molecule has 1 aliphatic carbocycles. The minimum absolute atomic E-state index is 0.0414. The van der Waals surface area contributed by atoms with Crippen LogP contribution in [0, 0.1) is 5.82 Å². The lowest BCUT2D eigenvalue weighted by atomic mass is 10.0. The highest BCUT2D eigenvalue weighted by atomic mass is 19.4. The molecule has 2 unspecified atom stereocenters. The standard InChI is InChI=1S/C26H29F7N4O3/c1-24(2,40-20-11-16(26(31,32)33)8-9-19(20)27)23(39)37-18-6-4-3-5-17(12-18)36-21-10-7-15(13-34-21)22(38)35-14-25(28,29)30/h7-11,13,17-18H,3-6,12,14H2,1-2H3,(H,34,36)(H,35,38)(H,37,39). The Hall–Kier alpha value is -3.58. The Bertz CT molecular complexity index is 1180. The summed E-state index contributed by atoms with van der Waals surface area (Å²) >= 11 is 0. The van der Waals surface area contributed by atoms with Gasteiger partial charge in [0.15, 0.2) is 17.2 Å². The number of ether oxygens (including phenoxy) is 1. The average molecular weight is 579 g/mol. The maximum absolute atomic E-state index is 14.2. The van der Waals surface area contributed by atoms with Crippen LogP contribution >= 0.6 is 0 Å². The molecule has 1 aromatic heterocycles. The molecule has 0 saturated heterocycles. The van der Waals surface area contributed by atoms with Crippen molar-refractivity contribution >= 4 is 17.6 Å². The fraction of sp³-hybridized carbons (Fsp3) is 0.500. The first-order valence-electron chi connectivity index (χ1n) is 12.5. The molecule has 7 nitrogen and oxygen atoms in total. The molecule has 14 heteroatoms. The molecule has 1 heterocycles. The van der Waals surface area contributed by atoms with Gasteiger partial charge in [0.1, 0.15) is 12.4 Å². The highest BCUT2D eigenvalue weighted by Crippen LogP contribution is 2.34. The number of alkyl halides is 6. The Morgan fingerprint density at radius 1 is 1.00 bits per heavy atom. The van der Waals surface area contributed by atoms with Gasteiger partial charge in [-0.2, -0.15) is 26.3 Å². The van der Waals surface area contributed by atoms with Crippen LogP contribution in [0.25, 0.3) is 0 Å². The first kappa shape index (κ1) is 31.0. The zero-order chi connectivity index (χ0) is 29.7. The quantitative estimate of drug-likeness (QED) is 0.280. The molecule has 0 radical (unpaired) electrons. The zero-order valence-corrected chi connectivity index (χ0v) is 21.7. The summed E-state index contributed by atoms with van der Waals surface area (Å²) in [6.07, 6.45) is -4.72. The largest absolute Gasteiger partial charge is 0.475 e. The van der Waals surface area contributed by atoms with Gasteiger partial charge in [-0.15, -0.1) is 0 Å². The highest BCUT2D eigenvalue weighted by molar-refractivity contribution is 5.94. The number of amides is 2. The number of benzene rings is 1. The maximum Gasteiger partial charge on any atom is 0.416 e. The summed E-state index contributed by atoms with van der Waals surface area (Å²) < 4.78 is 95.6. The molecule has 40 heavy (non-hydrogen) atoms. The van der Waals surface area contributed by atoms with Gasteiger partial charge in [0.2, 0.25) is 0 Å². The number of anilines is 1. The molecule has 220 valence electrons. The number of hydrogen-bond donors (Lipinski definition) is 3. The molecule has 2 aromatic rings. The lowest BCUT2D eigenvalue weighted by molar-refractivity contribution is -0.138. The number of nitrogens with one attached hydrogen (secondary N) is 3. The maximum atomic E-state index is 14.2. The smallest absolute Gasteiger partial charge is 0.416 e. The van der Waals surface area contributed by atoms with Crippen LogP contribution in [0.3, 0.4) is 0 Å². The van der Waals surface area contributed by atoms with E-state index >= 15 is 0 Å². The summed E-state index contributed by atoms with van der Waals surface area (Å²) in [5.41, 5.74) is -2.84. The van der Waals surface area contributed by atoms with Gasteiger partial charge >= 0.3 is 12.4 Å². The van der Waals surface area contributed by atoms with Crippen molar-refractivity contribution in [2.45, 2.75) is 76.0 Å². The lowest BCUT2D eigenvalue weighted by Gasteiger charge is -2.29. The molecule has 1 fully saturated rings. The first-order chi connectivity index (χ1) is 18.5. The molecule has 0 spiro atoms. The van der Waals surface area contributed by atoms with E-state index in [1.165, 1.54) is 26.0 Å². The summed E-state index contributed by atoms with van der Waals surface area (Å²) in [4.78, 5) is 29.0. The van der Waals surface area contributed by atoms with Crippen molar-refractivity contribution in [1.82, 2.24) is 15.6 Å². The summed E-state index contributed by atoms with van der Waals surface area (Å²) in [5.74, 6) is -2.90. The second kappa shape index (κ2) is 12.3. The third-order valence-corrected chi connectivity index (χ3v) is 6.26. The molecule has 2 atom stereocenters. The molecule has 1 aromatic carbocycles. The van der Waals surface area contributed by atoms with Crippen LogP contribution in [0.1, 0.15) is 61.9 Å². The van der Waals surface area contributed by atoms with Gasteiger partial charge in [-0.25, -0.2) is 9.37 Å². The lowest BCUT2D eigenvalue weighted by Crippen LogP contribution is -2.50. The number of carbonyl (C=O) groups excluding carboxylic acids is 2. The minimum atomic E-state index is -4.71. The van der Waals surface area contributed by atoms with E-state index in [1.54, 1.807) is 5.32 Å². The molecule has 1 aliphatic rings. The van der Waals surface area contributed by atoms with Crippen LogP contribution in [-0.4, -0.2) is 47.2 Å². The van der Waals surface area contributed by atoms with Gasteiger partial charge in [-0.3, -0.25) is 9.59 Å². The van der Waals surface area contributed by atoms with E-state index in [1.807, 2.05) is 0 Å². The van der Waals surface area contributed by atoms with E-state index in [9.17, 15) is 40.3 Å². The van der Waals surface area contributed by atoms with Crippen LogP contribution < -0.4 is 20.7 Å². The van der Waals surface area contributed by atoms with Gasteiger partial charge in [-0.1, -0.05) is 12.8 Å². The van der Waals surface area contributed by atoms with E-state index < -0.39 is 53.4 Å². The molecule has 1 saturated carbocycles. The van der Waals surface area contributed by atoms with Crippen LogP contribution in [-0.2, 0) is 11.0 Å². The second-order valence-corrected chi connectivity index (χ2v) is 10.0. The third-order valence-electron chi connectivity index (χ3n) is 6.26. The summed E-state index contributed by atoms with van der Waals surface area (Å²) in [6.45, 7) is 1.19. The normalized spacial score (nSPS) is 18.4. The SMILES string of the molecule is CC(C)(Oc1cc(C(F)(F)F)ccc1F)C(=O)NC1CCCCC(Nc2ccc(C(=O)NCC(F)(F)F)cn2)C1. The fourth-order valence-electron chi connectivity index (χ4n) is 4.17.